The first-order chi connectivity index (χ1) is 5.77. The molecule has 0 aliphatic heterocycles. The SMILES string of the molecule is C#CC(=O)c1ccc(CS)cc1. The van der Waals surface area contributed by atoms with Gasteiger partial charge in [0.25, 0.3) is 0 Å². The van der Waals surface area contributed by atoms with E-state index in [0.29, 0.717) is 11.3 Å². The molecule has 0 amide bonds. The molecule has 0 aromatic heterocycles. The Morgan fingerprint density at radius 1 is 1.42 bits per heavy atom. The van der Waals surface area contributed by atoms with Crippen LogP contribution in [0.5, 0.6) is 0 Å². The van der Waals surface area contributed by atoms with Gasteiger partial charge in [0.2, 0.25) is 5.78 Å². The highest BCUT2D eigenvalue weighted by Gasteiger charge is 1.99. The number of hydrogen-bond acceptors (Lipinski definition) is 2. The van der Waals surface area contributed by atoms with Gasteiger partial charge in [-0.15, -0.1) is 6.42 Å². The molecule has 60 valence electrons. The Hall–Kier alpha value is -1.20. The molecule has 0 heterocycles. The minimum absolute atomic E-state index is 0.277. The summed E-state index contributed by atoms with van der Waals surface area (Å²) in [6.45, 7) is 0. The molecule has 1 aromatic carbocycles. The van der Waals surface area contributed by atoms with Crippen LogP contribution in [0.4, 0.5) is 0 Å². The summed E-state index contributed by atoms with van der Waals surface area (Å²) in [5.41, 5.74) is 1.63. The average Bonchev–Trinajstić information content (AvgIpc) is 2.17. The molecule has 1 aromatic rings. The zero-order chi connectivity index (χ0) is 8.97. The van der Waals surface area contributed by atoms with Crippen molar-refractivity contribution in [2.45, 2.75) is 5.75 Å². The topological polar surface area (TPSA) is 17.1 Å². The van der Waals surface area contributed by atoms with Crippen molar-refractivity contribution in [1.82, 2.24) is 0 Å². The molecule has 1 nitrogen and oxygen atoms in total. The fourth-order valence-corrected chi connectivity index (χ4v) is 1.06. The van der Waals surface area contributed by atoms with E-state index in [9.17, 15) is 4.79 Å². The lowest BCUT2D eigenvalue weighted by Crippen LogP contribution is -1.93. The molecule has 2 heteroatoms. The maximum atomic E-state index is 11.0. The van der Waals surface area contributed by atoms with Crippen LogP contribution in [0.2, 0.25) is 0 Å². The summed E-state index contributed by atoms with van der Waals surface area (Å²) >= 11 is 4.09. The molecule has 0 spiro atoms. The highest BCUT2D eigenvalue weighted by molar-refractivity contribution is 7.79. The molecule has 0 atom stereocenters. The molecule has 0 N–H and O–H groups in total. The molecular formula is C10H8OS. The molecule has 12 heavy (non-hydrogen) atoms. The van der Waals surface area contributed by atoms with E-state index < -0.39 is 0 Å². The average molecular weight is 176 g/mol. The fourth-order valence-electron chi connectivity index (χ4n) is 0.845. The minimum Gasteiger partial charge on any atom is -0.279 e. The lowest BCUT2D eigenvalue weighted by Gasteiger charge is -1.96. The van der Waals surface area contributed by atoms with Gasteiger partial charge in [-0.25, -0.2) is 0 Å². The zero-order valence-electron chi connectivity index (χ0n) is 6.45. The van der Waals surface area contributed by atoms with E-state index in [1.165, 1.54) is 0 Å². The second kappa shape index (κ2) is 3.99. The van der Waals surface area contributed by atoms with Gasteiger partial charge in [0.15, 0.2) is 0 Å². The van der Waals surface area contributed by atoms with Crippen LogP contribution in [0, 0.1) is 12.3 Å². The Labute approximate surface area is 77.2 Å². The third-order valence-electron chi connectivity index (χ3n) is 1.53. The monoisotopic (exact) mass is 176 g/mol. The maximum absolute atomic E-state index is 11.0. The Balaban J connectivity index is 2.94. The molecule has 0 bridgehead atoms. The predicted octanol–water partition coefficient (Wildman–Crippen LogP) is 1.93. The molecular weight excluding hydrogens is 168 g/mol. The third-order valence-corrected chi connectivity index (χ3v) is 1.89. The second-order valence-corrected chi connectivity index (χ2v) is 2.64. The molecule has 0 aliphatic carbocycles. The van der Waals surface area contributed by atoms with Crippen molar-refractivity contribution < 1.29 is 4.79 Å². The normalized spacial score (nSPS) is 9.00. The van der Waals surface area contributed by atoms with Gasteiger partial charge in [0.05, 0.1) is 0 Å². The number of terminal acetylenes is 1. The van der Waals surface area contributed by atoms with Crippen LogP contribution < -0.4 is 0 Å². The lowest BCUT2D eigenvalue weighted by atomic mass is 10.1. The zero-order valence-corrected chi connectivity index (χ0v) is 7.34. The molecule has 0 aliphatic rings. The largest absolute Gasteiger partial charge is 0.279 e. The highest BCUT2D eigenvalue weighted by Crippen LogP contribution is 2.06. The van der Waals surface area contributed by atoms with E-state index >= 15 is 0 Å². The summed E-state index contributed by atoms with van der Waals surface area (Å²) in [5, 5.41) is 0. The lowest BCUT2D eigenvalue weighted by molar-refractivity contribution is 0.105. The van der Waals surface area contributed by atoms with Crippen LogP contribution in [0.15, 0.2) is 24.3 Å². The maximum Gasteiger partial charge on any atom is 0.235 e. The van der Waals surface area contributed by atoms with Gasteiger partial charge in [-0.2, -0.15) is 12.6 Å². The number of carbonyl (C=O) groups excluding carboxylic acids is 1. The van der Waals surface area contributed by atoms with Crippen molar-refractivity contribution in [1.29, 1.82) is 0 Å². The highest BCUT2D eigenvalue weighted by atomic mass is 32.1. The van der Waals surface area contributed by atoms with E-state index in [1.54, 1.807) is 12.1 Å². The summed E-state index contributed by atoms with van der Waals surface area (Å²) in [7, 11) is 0. The number of ketones is 1. The number of carbonyl (C=O) groups is 1. The third kappa shape index (κ3) is 1.90. The van der Waals surface area contributed by atoms with Gasteiger partial charge >= 0.3 is 0 Å². The van der Waals surface area contributed by atoms with Crippen LogP contribution in [-0.2, 0) is 5.75 Å². The van der Waals surface area contributed by atoms with Gasteiger partial charge in [0.1, 0.15) is 0 Å². The van der Waals surface area contributed by atoms with Crippen LogP contribution in [0.25, 0.3) is 0 Å². The first-order valence-corrected chi connectivity index (χ1v) is 4.12. The van der Waals surface area contributed by atoms with Crippen LogP contribution in [0.3, 0.4) is 0 Å². The summed E-state index contributed by atoms with van der Waals surface area (Å²) < 4.78 is 0. The van der Waals surface area contributed by atoms with Gasteiger partial charge in [0, 0.05) is 11.3 Å². The quantitative estimate of drug-likeness (QED) is 0.315. The molecule has 0 unspecified atom stereocenters. The summed E-state index contributed by atoms with van der Waals surface area (Å²) in [6.07, 6.45) is 4.96. The summed E-state index contributed by atoms with van der Waals surface area (Å²) in [4.78, 5) is 11.0. The smallest absolute Gasteiger partial charge is 0.235 e. The molecule has 0 fully saturated rings. The van der Waals surface area contributed by atoms with Crippen molar-refractivity contribution in [3.05, 3.63) is 35.4 Å². The van der Waals surface area contributed by atoms with E-state index in [0.717, 1.165) is 5.56 Å². The van der Waals surface area contributed by atoms with E-state index in [2.05, 4.69) is 18.5 Å². The van der Waals surface area contributed by atoms with Crippen molar-refractivity contribution in [3.8, 4) is 12.3 Å². The fraction of sp³-hybridized carbons (Fsp3) is 0.100. The molecule has 0 saturated heterocycles. The van der Waals surface area contributed by atoms with E-state index in [4.69, 9.17) is 6.42 Å². The molecule has 0 saturated carbocycles. The van der Waals surface area contributed by atoms with Gasteiger partial charge in [-0.05, 0) is 11.5 Å². The number of benzene rings is 1. The van der Waals surface area contributed by atoms with Gasteiger partial charge in [-0.1, -0.05) is 24.3 Å². The summed E-state index contributed by atoms with van der Waals surface area (Å²) in [5.74, 6) is 2.45. The van der Waals surface area contributed by atoms with Crippen LogP contribution in [-0.4, -0.2) is 5.78 Å². The van der Waals surface area contributed by atoms with Crippen LogP contribution >= 0.6 is 12.6 Å². The van der Waals surface area contributed by atoms with Crippen molar-refractivity contribution in [2.24, 2.45) is 0 Å². The Bertz CT molecular complexity index is 319. The van der Waals surface area contributed by atoms with Gasteiger partial charge < -0.3 is 0 Å². The first-order valence-electron chi connectivity index (χ1n) is 3.48. The Morgan fingerprint density at radius 3 is 2.42 bits per heavy atom. The predicted molar refractivity (Wildman–Crippen MR) is 52.3 cm³/mol. The molecule has 0 radical (unpaired) electrons. The number of thiol groups is 1. The molecule has 1 rings (SSSR count). The number of hydrogen-bond donors (Lipinski definition) is 1. The second-order valence-electron chi connectivity index (χ2n) is 2.33. The Kier molecular flexibility index (Phi) is 2.95. The van der Waals surface area contributed by atoms with E-state index in [-0.39, 0.29) is 5.78 Å². The van der Waals surface area contributed by atoms with Crippen LogP contribution in [0.1, 0.15) is 15.9 Å². The summed E-state index contributed by atoms with van der Waals surface area (Å²) in [6, 6.07) is 7.12. The first kappa shape index (κ1) is 8.89. The van der Waals surface area contributed by atoms with Crippen molar-refractivity contribution in [2.75, 3.05) is 0 Å². The van der Waals surface area contributed by atoms with E-state index in [1.807, 2.05) is 12.1 Å². The minimum atomic E-state index is -0.277. The number of Topliss-reactive ketones (excluding diaryl/α,β-unsaturated/α-hetero) is 1. The Morgan fingerprint density at radius 2 is 2.00 bits per heavy atom. The van der Waals surface area contributed by atoms with Crippen molar-refractivity contribution >= 4 is 18.4 Å². The van der Waals surface area contributed by atoms with Gasteiger partial charge in [-0.3, -0.25) is 4.79 Å². The van der Waals surface area contributed by atoms with Crippen molar-refractivity contribution in [3.63, 3.8) is 0 Å². The standard InChI is InChI=1S/C10H8OS/c1-2-10(11)9-5-3-8(7-12)4-6-9/h1,3-6,12H,7H2. The number of rotatable bonds is 2.